The zero-order valence-corrected chi connectivity index (χ0v) is 17.0. The lowest BCUT2D eigenvalue weighted by Crippen LogP contribution is -2.58. The summed E-state index contributed by atoms with van der Waals surface area (Å²) < 4.78 is 98.6. The summed E-state index contributed by atoms with van der Waals surface area (Å²) in [6, 6.07) is 0.226. The molecule has 170 valence electrons. The lowest BCUT2D eigenvalue weighted by atomic mass is 9.89. The summed E-state index contributed by atoms with van der Waals surface area (Å²) in [5.41, 5.74) is 6.51. The predicted molar refractivity (Wildman–Crippen MR) is 98.1 cm³/mol. The van der Waals surface area contributed by atoms with Gasteiger partial charge in [0.25, 0.3) is 10.0 Å². The summed E-state index contributed by atoms with van der Waals surface area (Å²) in [5, 5.41) is 3.94. The highest BCUT2D eigenvalue weighted by molar-refractivity contribution is 7.89. The molecule has 0 spiro atoms. The van der Waals surface area contributed by atoms with Crippen LogP contribution in [0.4, 0.5) is 22.0 Å². The fourth-order valence-corrected chi connectivity index (χ4v) is 4.67. The Balaban J connectivity index is 1.60. The van der Waals surface area contributed by atoms with Crippen molar-refractivity contribution in [2.24, 2.45) is 5.73 Å². The van der Waals surface area contributed by atoms with Crippen LogP contribution in [0.15, 0.2) is 24.4 Å². The molecular weight excluding hydrogens is 447 g/mol. The number of benzene rings is 1. The largest absolute Gasteiger partial charge is 0.416 e. The van der Waals surface area contributed by atoms with Gasteiger partial charge in [-0.25, -0.2) is 17.2 Å². The number of rotatable bonds is 3. The summed E-state index contributed by atoms with van der Waals surface area (Å²) in [4.78, 5) is 1.46. The molecule has 2 N–H and O–H groups in total. The monoisotopic (exact) mass is 466 g/mol. The zero-order valence-electron chi connectivity index (χ0n) is 16.2. The molecule has 3 heterocycles. The number of fused-ring (bicyclic) bond motifs is 1. The molecule has 0 radical (unpaired) electrons. The minimum atomic E-state index is -4.79. The Bertz CT molecular complexity index is 1080. The van der Waals surface area contributed by atoms with Crippen LogP contribution in [-0.4, -0.2) is 53.1 Å². The van der Waals surface area contributed by atoms with Crippen molar-refractivity contribution < 1.29 is 35.1 Å². The van der Waals surface area contributed by atoms with Gasteiger partial charge in [0.15, 0.2) is 6.10 Å². The summed E-state index contributed by atoms with van der Waals surface area (Å²) in [7, 11) is -3.62. The molecule has 1 aromatic heterocycles. The van der Waals surface area contributed by atoms with Crippen LogP contribution in [0.1, 0.15) is 29.3 Å². The number of hydrogen-bond donors (Lipinski definition) is 1. The van der Waals surface area contributed by atoms with Gasteiger partial charge in [-0.05, 0) is 24.6 Å². The molecule has 2 aliphatic heterocycles. The average Bonchev–Trinajstić information content (AvgIpc) is 3.21. The molecule has 1 unspecified atom stereocenters. The number of aromatic nitrogens is 2. The molecule has 0 aliphatic carbocycles. The molecule has 31 heavy (non-hydrogen) atoms. The fourth-order valence-electron chi connectivity index (χ4n) is 4.10. The first-order valence-electron chi connectivity index (χ1n) is 9.29. The molecule has 0 bridgehead atoms. The van der Waals surface area contributed by atoms with E-state index in [0.717, 1.165) is 28.5 Å². The van der Waals surface area contributed by atoms with Crippen LogP contribution in [0.3, 0.4) is 0 Å². The fraction of sp³-hybridized carbons (Fsp3) is 0.500. The zero-order chi connectivity index (χ0) is 22.7. The van der Waals surface area contributed by atoms with Gasteiger partial charge in [-0.1, -0.05) is 0 Å². The molecule has 0 saturated carbocycles. The molecule has 13 heteroatoms. The van der Waals surface area contributed by atoms with Crippen molar-refractivity contribution >= 4 is 10.0 Å². The maximum atomic E-state index is 14.2. The van der Waals surface area contributed by atoms with Gasteiger partial charge in [0, 0.05) is 42.5 Å². The number of ether oxygens (including phenoxy) is 1. The van der Waals surface area contributed by atoms with Crippen LogP contribution < -0.4 is 5.73 Å². The van der Waals surface area contributed by atoms with E-state index in [0.29, 0.717) is 11.3 Å². The van der Waals surface area contributed by atoms with E-state index < -0.39 is 52.1 Å². The third-order valence-electron chi connectivity index (χ3n) is 5.52. The van der Waals surface area contributed by atoms with E-state index >= 15 is 0 Å². The molecule has 7 nitrogen and oxygen atoms in total. The Labute approximate surface area is 174 Å². The van der Waals surface area contributed by atoms with E-state index in [1.54, 1.807) is 0 Å². The van der Waals surface area contributed by atoms with Crippen molar-refractivity contribution in [2.75, 3.05) is 6.26 Å². The highest BCUT2D eigenvalue weighted by Crippen LogP contribution is 2.42. The molecular formula is C18H19F5N4O3S. The highest BCUT2D eigenvalue weighted by atomic mass is 32.2. The molecule has 0 amide bonds. The Morgan fingerprint density at radius 2 is 1.94 bits per heavy atom. The Kier molecular flexibility index (Phi) is 5.35. The van der Waals surface area contributed by atoms with Crippen molar-refractivity contribution in [3.05, 3.63) is 52.9 Å². The van der Waals surface area contributed by atoms with Gasteiger partial charge < -0.3 is 10.5 Å². The second-order valence-corrected chi connectivity index (χ2v) is 9.63. The topological polar surface area (TPSA) is 90.5 Å². The van der Waals surface area contributed by atoms with Crippen LogP contribution in [-0.2, 0) is 27.8 Å². The van der Waals surface area contributed by atoms with Gasteiger partial charge in [-0.2, -0.15) is 22.4 Å². The smallest absolute Gasteiger partial charge is 0.357 e. The SMILES string of the molecule is CS(=O)(=O)n1cc2c(n1)CN(C1C[C@H](N)[C@@H](c3cc(F)ccc3F)O[C@@H]1C(F)(F)F)C2. The van der Waals surface area contributed by atoms with Gasteiger partial charge in [-0.15, -0.1) is 0 Å². The second kappa shape index (κ2) is 7.50. The van der Waals surface area contributed by atoms with Gasteiger partial charge in [0.1, 0.15) is 17.7 Å². The van der Waals surface area contributed by atoms with Gasteiger partial charge >= 0.3 is 6.18 Å². The van der Waals surface area contributed by atoms with E-state index in [-0.39, 0.29) is 25.1 Å². The summed E-state index contributed by atoms with van der Waals surface area (Å²) in [6.45, 7) is 0.00134. The minimum absolute atomic E-state index is 0.0236. The maximum absolute atomic E-state index is 14.2. The van der Waals surface area contributed by atoms with Crippen molar-refractivity contribution in [1.82, 2.24) is 14.1 Å². The number of nitrogens with zero attached hydrogens (tertiary/aromatic N) is 3. The number of hydrogen-bond acceptors (Lipinski definition) is 6. The van der Waals surface area contributed by atoms with E-state index in [4.69, 9.17) is 10.5 Å². The van der Waals surface area contributed by atoms with Crippen LogP contribution >= 0.6 is 0 Å². The first kappa shape index (κ1) is 22.1. The van der Waals surface area contributed by atoms with E-state index in [1.165, 1.54) is 11.1 Å². The average molecular weight is 466 g/mol. The van der Waals surface area contributed by atoms with Crippen molar-refractivity contribution in [1.29, 1.82) is 0 Å². The van der Waals surface area contributed by atoms with Crippen LogP contribution in [0.2, 0.25) is 0 Å². The number of alkyl halides is 3. The lowest BCUT2D eigenvalue weighted by molar-refractivity contribution is -0.269. The van der Waals surface area contributed by atoms with E-state index in [1.807, 2.05) is 0 Å². The standard InChI is InChI=1S/C18H19F5N4O3S/c1-31(28,29)27-7-9-6-26(8-14(9)25-27)15-5-13(24)16(30-17(15)18(21,22)23)11-4-10(19)2-3-12(11)20/h2-4,7,13,15-17H,5-6,8,24H2,1H3/t13-,15?,16+,17-/m0/s1. The van der Waals surface area contributed by atoms with Crippen molar-refractivity contribution in [3.8, 4) is 0 Å². The normalized spacial score (nSPS) is 27.5. The van der Waals surface area contributed by atoms with E-state index in [2.05, 4.69) is 5.10 Å². The first-order chi connectivity index (χ1) is 14.3. The molecule has 2 aliphatic rings. The molecule has 1 saturated heterocycles. The van der Waals surface area contributed by atoms with Crippen LogP contribution in [0.5, 0.6) is 0 Å². The minimum Gasteiger partial charge on any atom is -0.357 e. The summed E-state index contributed by atoms with van der Waals surface area (Å²) in [6.07, 6.45) is -6.53. The number of nitrogens with two attached hydrogens (primary N) is 1. The predicted octanol–water partition coefficient (Wildman–Crippen LogP) is 2.07. The third-order valence-corrected chi connectivity index (χ3v) is 6.39. The van der Waals surface area contributed by atoms with Gasteiger partial charge in [-0.3, -0.25) is 4.90 Å². The molecule has 4 atom stereocenters. The maximum Gasteiger partial charge on any atom is 0.416 e. The molecule has 4 rings (SSSR count). The quantitative estimate of drug-likeness (QED) is 0.697. The van der Waals surface area contributed by atoms with Crippen molar-refractivity contribution in [3.63, 3.8) is 0 Å². The molecule has 1 fully saturated rings. The van der Waals surface area contributed by atoms with Crippen molar-refractivity contribution in [2.45, 2.75) is 50.0 Å². The number of halogens is 5. The van der Waals surface area contributed by atoms with Gasteiger partial charge in [0.2, 0.25) is 0 Å². The molecule has 1 aromatic carbocycles. The summed E-state index contributed by atoms with van der Waals surface area (Å²) >= 11 is 0. The van der Waals surface area contributed by atoms with E-state index in [9.17, 15) is 30.4 Å². The second-order valence-electron chi connectivity index (χ2n) is 7.79. The third kappa shape index (κ3) is 4.19. The van der Waals surface area contributed by atoms with Gasteiger partial charge in [0.05, 0.1) is 11.9 Å². The Hall–Kier alpha value is -2.09. The Morgan fingerprint density at radius 3 is 2.55 bits per heavy atom. The lowest BCUT2D eigenvalue weighted by Gasteiger charge is -2.44. The Morgan fingerprint density at radius 1 is 1.23 bits per heavy atom. The van der Waals surface area contributed by atoms with Crippen LogP contribution in [0.25, 0.3) is 0 Å². The van der Waals surface area contributed by atoms with Crippen LogP contribution in [0, 0.1) is 11.6 Å². The first-order valence-corrected chi connectivity index (χ1v) is 11.1. The summed E-state index contributed by atoms with van der Waals surface area (Å²) in [5.74, 6) is -1.72. The molecule has 2 aromatic rings. The highest BCUT2D eigenvalue weighted by Gasteiger charge is 2.54.